The van der Waals surface area contributed by atoms with Gasteiger partial charge >= 0.3 is 5.97 Å². The highest BCUT2D eigenvalue weighted by atomic mass is 32.1. The van der Waals surface area contributed by atoms with Gasteiger partial charge in [-0.25, -0.2) is 0 Å². The lowest BCUT2D eigenvalue weighted by Crippen LogP contribution is -2.36. The van der Waals surface area contributed by atoms with Crippen LogP contribution >= 0.6 is 12.2 Å². The van der Waals surface area contributed by atoms with E-state index in [1.165, 1.54) is 13.5 Å². The SMILES string of the molecule is COC(=O)CCC(=O)NC(=S)Nc1cccc(C(=O)NC2CCCCC2)c1. The van der Waals surface area contributed by atoms with Crippen molar-refractivity contribution in [1.29, 1.82) is 0 Å². The summed E-state index contributed by atoms with van der Waals surface area (Å²) in [4.78, 5) is 35.2. The fraction of sp³-hybridized carbons (Fsp3) is 0.474. The van der Waals surface area contributed by atoms with E-state index in [-0.39, 0.29) is 35.8 Å². The lowest BCUT2D eigenvalue weighted by molar-refractivity contribution is -0.142. The molecule has 1 aromatic rings. The fourth-order valence-corrected chi connectivity index (χ4v) is 3.15. The van der Waals surface area contributed by atoms with E-state index in [0.29, 0.717) is 11.3 Å². The predicted octanol–water partition coefficient (Wildman–Crippen LogP) is 2.52. The summed E-state index contributed by atoms with van der Waals surface area (Å²) in [6.45, 7) is 0. The Bertz CT molecular complexity index is 702. The number of methoxy groups -OCH3 is 1. The number of hydrogen-bond donors (Lipinski definition) is 3. The van der Waals surface area contributed by atoms with E-state index >= 15 is 0 Å². The second-order valence-electron chi connectivity index (χ2n) is 6.47. The van der Waals surface area contributed by atoms with Gasteiger partial charge in [0.15, 0.2) is 5.11 Å². The Labute approximate surface area is 164 Å². The zero-order valence-corrected chi connectivity index (χ0v) is 16.2. The van der Waals surface area contributed by atoms with Gasteiger partial charge in [0.1, 0.15) is 0 Å². The highest BCUT2D eigenvalue weighted by molar-refractivity contribution is 7.80. The molecule has 0 spiro atoms. The average Bonchev–Trinajstić information content (AvgIpc) is 2.67. The Balaban J connectivity index is 1.85. The summed E-state index contributed by atoms with van der Waals surface area (Å²) in [7, 11) is 1.27. The molecule has 1 fully saturated rings. The molecule has 1 aliphatic carbocycles. The first kappa shape index (κ1) is 20.8. The van der Waals surface area contributed by atoms with Crippen LogP contribution in [0.1, 0.15) is 55.3 Å². The first-order valence-electron chi connectivity index (χ1n) is 9.06. The first-order chi connectivity index (χ1) is 13.0. The molecular weight excluding hydrogens is 366 g/mol. The van der Waals surface area contributed by atoms with Gasteiger partial charge in [0.05, 0.1) is 13.5 Å². The molecule has 2 rings (SSSR count). The molecule has 0 aliphatic heterocycles. The number of nitrogens with one attached hydrogen (secondary N) is 3. The summed E-state index contributed by atoms with van der Waals surface area (Å²) < 4.78 is 4.49. The zero-order valence-electron chi connectivity index (χ0n) is 15.4. The van der Waals surface area contributed by atoms with Crippen LogP contribution in [0.4, 0.5) is 5.69 Å². The average molecular weight is 391 g/mol. The number of thiocarbonyl (C=S) groups is 1. The minimum absolute atomic E-state index is 0.0121. The standard InChI is InChI=1S/C19H25N3O4S/c1-26-17(24)11-10-16(23)22-19(27)21-15-9-5-6-13(12-15)18(25)20-14-7-3-2-4-8-14/h5-6,9,12,14H,2-4,7-8,10-11H2,1H3,(H,20,25)(H2,21,22,23,27). The van der Waals surface area contributed by atoms with Crippen molar-refractivity contribution in [1.82, 2.24) is 10.6 Å². The van der Waals surface area contributed by atoms with Crippen molar-refractivity contribution in [3.63, 3.8) is 0 Å². The summed E-state index contributed by atoms with van der Waals surface area (Å²) in [5, 5.41) is 8.55. The number of rotatable bonds is 6. The molecular formula is C19H25N3O4S. The van der Waals surface area contributed by atoms with Crippen molar-refractivity contribution < 1.29 is 19.1 Å². The van der Waals surface area contributed by atoms with Gasteiger partial charge < -0.3 is 20.7 Å². The number of hydrogen-bond acceptors (Lipinski definition) is 5. The zero-order chi connectivity index (χ0) is 19.6. The molecule has 0 unspecified atom stereocenters. The van der Waals surface area contributed by atoms with E-state index < -0.39 is 5.97 Å². The van der Waals surface area contributed by atoms with Crippen LogP contribution in [0.2, 0.25) is 0 Å². The lowest BCUT2D eigenvalue weighted by Gasteiger charge is -2.22. The molecule has 27 heavy (non-hydrogen) atoms. The summed E-state index contributed by atoms with van der Waals surface area (Å²) in [5.74, 6) is -0.955. The molecule has 1 aromatic carbocycles. The molecule has 3 N–H and O–H groups in total. The second kappa shape index (κ2) is 10.6. The molecule has 1 aliphatic rings. The summed E-state index contributed by atoms with van der Waals surface area (Å²) >= 11 is 5.10. The fourth-order valence-electron chi connectivity index (χ4n) is 2.92. The van der Waals surface area contributed by atoms with Gasteiger partial charge in [-0.1, -0.05) is 25.3 Å². The van der Waals surface area contributed by atoms with Crippen LogP contribution in [0, 0.1) is 0 Å². The van der Waals surface area contributed by atoms with Crippen LogP contribution in [0.15, 0.2) is 24.3 Å². The van der Waals surface area contributed by atoms with Crippen LogP contribution in [-0.4, -0.2) is 36.0 Å². The Morgan fingerprint density at radius 3 is 2.59 bits per heavy atom. The molecule has 0 atom stereocenters. The molecule has 7 nitrogen and oxygen atoms in total. The molecule has 146 valence electrons. The second-order valence-corrected chi connectivity index (χ2v) is 6.88. The van der Waals surface area contributed by atoms with Crippen molar-refractivity contribution in [2.75, 3.05) is 12.4 Å². The van der Waals surface area contributed by atoms with Crippen LogP contribution in [0.3, 0.4) is 0 Å². The topological polar surface area (TPSA) is 96.5 Å². The van der Waals surface area contributed by atoms with E-state index in [9.17, 15) is 14.4 Å². The summed E-state index contributed by atoms with van der Waals surface area (Å²) in [6.07, 6.45) is 5.54. The van der Waals surface area contributed by atoms with E-state index in [1.807, 2.05) is 0 Å². The van der Waals surface area contributed by atoms with Gasteiger partial charge in [-0.15, -0.1) is 0 Å². The van der Waals surface area contributed by atoms with Crippen molar-refractivity contribution in [3.05, 3.63) is 29.8 Å². The maximum atomic E-state index is 12.4. The van der Waals surface area contributed by atoms with E-state index in [2.05, 4.69) is 20.7 Å². The van der Waals surface area contributed by atoms with E-state index in [4.69, 9.17) is 12.2 Å². The Morgan fingerprint density at radius 1 is 1.15 bits per heavy atom. The Kier molecular flexibility index (Phi) is 8.19. The minimum Gasteiger partial charge on any atom is -0.469 e. The van der Waals surface area contributed by atoms with Gasteiger partial charge in [0.2, 0.25) is 5.91 Å². The molecule has 2 amide bonds. The van der Waals surface area contributed by atoms with Crippen LogP contribution < -0.4 is 16.0 Å². The van der Waals surface area contributed by atoms with Crippen molar-refractivity contribution in [2.45, 2.75) is 51.0 Å². The highest BCUT2D eigenvalue weighted by Crippen LogP contribution is 2.18. The maximum Gasteiger partial charge on any atom is 0.306 e. The molecule has 8 heteroatoms. The highest BCUT2D eigenvalue weighted by Gasteiger charge is 2.17. The first-order valence-corrected chi connectivity index (χ1v) is 9.47. The molecule has 0 saturated heterocycles. The smallest absolute Gasteiger partial charge is 0.306 e. The third-order valence-corrected chi connectivity index (χ3v) is 4.56. The number of carbonyl (C=O) groups is 3. The van der Waals surface area contributed by atoms with Crippen molar-refractivity contribution >= 4 is 40.8 Å². The quantitative estimate of drug-likeness (QED) is 0.509. The monoisotopic (exact) mass is 391 g/mol. The Morgan fingerprint density at radius 2 is 1.89 bits per heavy atom. The Hall–Kier alpha value is -2.48. The minimum atomic E-state index is -0.458. The molecule has 1 saturated carbocycles. The maximum absolute atomic E-state index is 12.4. The van der Waals surface area contributed by atoms with Gasteiger partial charge in [-0.05, 0) is 43.3 Å². The van der Waals surface area contributed by atoms with Crippen LogP contribution in [0.25, 0.3) is 0 Å². The largest absolute Gasteiger partial charge is 0.469 e. The lowest BCUT2D eigenvalue weighted by atomic mass is 9.95. The van der Waals surface area contributed by atoms with Gasteiger partial charge in [-0.3, -0.25) is 14.4 Å². The van der Waals surface area contributed by atoms with Crippen LogP contribution in [0.5, 0.6) is 0 Å². The van der Waals surface area contributed by atoms with E-state index in [0.717, 1.165) is 25.7 Å². The number of benzene rings is 1. The number of carbonyl (C=O) groups excluding carboxylic acids is 3. The summed E-state index contributed by atoms with van der Waals surface area (Å²) in [6, 6.07) is 7.16. The predicted molar refractivity (Wildman–Crippen MR) is 106 cm³/mol. The third-order valence-electron chi connectivity index (χ3n) is 4.36. The van der Waals surface area contributed by atoms with E-state index in [1.54, 1.807) is 24.3 Å². The van der Waals surface area contributed by atoms with Crippen molar-refractivity contribution in [3.8, 4) is 0 Å². The molecule has 0 heterocycles. The number of amides is 2. The molecule has 0 radical (unpaired) electrons. The summed E-state index contributed by atoms with van der Waals surface area (Å²) in [5.41, 5.74) is 1.13. The van der Waals surface area contributed by atoms with Gasteiger partial charge in [0, 0.05) is 23.7 Å². The number of ether oxygens (including phenoxy) is 1. The van der Waals surface area contributed by atoms with Crippen molar-refractivity contribution in [2.24, 2.45) is 0 Å². The molecule has 0 bridgehead atoms. The van der Waals surface area contributed by atoms with Crippen LogP contribution in [-0.2, 0) is 14.3 Å². The number of anilines is 1. The van der Waals surface area contributed by atoms with Gasteiger partial charge in [-0.2, -0.15) is 0 Å². The third kappa shape index (κ3) is 7.34. The van der Waals surface area contributed by atoms with Gasteiger partial charge in [0.25, 0.3) is 5.91 Å². The normalized spacial score (nSPS) is 14.1. The molecule has 0 aromatic heterocycles. The number of esters is 1.